The summed E-state index contributed by atoms with van der Waals surface area (Å²) in [5, 5.41) is 2.64. The Morgan fingerprint density at radius 3 is 2.71 bits per heavy atom. The maximum atomic E-state index is 11.5. The van der Waals surface area contributed by atoms with Crippen molar-refractivity contribution in [2.75, 3.05) is 11.1 Å². The normalized spacial score (nSPS) is 17.9. The van der Waals surface area contributed by atoms with E-state index in [0.717, 1.165) is 0 Å². The smallest absolute Gasteiger partial charge is 0.287 e. The minimum Gasteiger partial charge on any atom is -0.399 e. The van der Waals surface area contributed by atoms with Crippen LogP contribution in [-0.2, 0) is 10.0 Å². The standard InChI is InChI=1S/C7H8N4O2S/c8-4-1-2-5-6(3-4)14(12,13)11-7(9)10-5/h1-3H,8H2,(H3,9,10,11). The van der Waals surface area contributed by atoms with E-state index >= 15 is 0 Å². The molecule has 0 saturated heterocycles. The SMILES string of the molecule is NC1=NS(=O)(=O)c2cc(N)ccc2N1. The molecule has 0 atom stereocenters. The van der Waals surface area contributed by atoms with Gasteiger partial charge in [0.15, 0.2) is 0 Å². The van der Waals surface area contributed by atoms with Crippen LogP contribution in [0.3, 0.4) is 0 Å². The number of anilines is 2. The molecule has 1 aromatic rings. The van der Waals surface area contributed by atoms with Gasteiger partial charge < -0.3 is 16.8 Å². The topological polar surface area (TPSA) is 111 Å². The van der Waals surface area contributed by atoms with Crippen molar-refractivity contribution in [2.24, 2.45) is 10.1 Å². The lowest BCUT2D eigenvalue weighted by atomic mass is 10.3. The number of benzene rings is 1. The molecule has 1 aliphatic heterocycles. The van der Waals surface area contributed by atoms with Gasteiger partial charge in [0.25, 0.3) is 10.0 Å². The van der Waals surface area contributed by atoms with E-state index in [9.17, 15) is 8.42 Å². The first kappa shape index (κ1) is 8.82. The molecule has 7 heteroatoms. The molecule has 14 heavy (non-hydrogen) atoms. The first-order chi connectivity index (χ1) is 6.49. The Morgan fingerprint density at radius 1 is 1.29 bits per heavy atom. The highest BCUT2D eigenvalue weighted by Crippen LogP contribution is 2.27. The second kappa shape index (κ2) is 2.61. The van der Waals surface area contributed by atoms with Gasteiger partial charge in [0, 0.05) is 5.69 Å². The van der Waals surface area contributed by atoms with Crippen LogP contribution in [0.5, 0.6) is 0 Å². The molecule has 0 aromatic heterocycles. The van der Waals surface area contributed by atoms with Gasteiger partial charge in [-0.1, -0.05) is 0 Å². The van der Waals surface area contributed by atoms with E-state index in [1.807, 2.05) is 0 Å². The van der Waals surface area contributed by atoms with Crippen LogP contribution >= 0.6 is 0 Å². The molecular weight excluding hydrogens is 204 g/mol. The number of nitrogens with zero attached hydrogens (tertiary/aromatic N) is 1. The number of nitrogens with two attached hydrogens (primary N) is 2. The fourth-order valence-electron chi connectivity index (χ4n) is 1.20. The van der Waals surface area contributed by atoms with E-state index in [-0.39, 0.29) is 10.9 Å². The number of fused-ring (bicyclic) bond motifs is 1. The van der Waals surface area contributed by atoms with E-state index in [4.69, 9.17) is 11.5 Å². The number of hydrogen-bond donors (Lipinski definition) is 3. The van der Waals surface area contributed by atoms with Crippen molar-refractivity contribution in [1.29, 1.82) is 0 Å². The van der Waals surface area contributed by atoms with Crippen molar-refractivity contribution in [3.05, 3.63) is 18.2 Å². The summed E-state index contributed by atoms with van der Waals surface area (Å²) >= 11 is 0. The predicted molar refractivity (Wildman–Crippen MR) is 53.3 cm³/mol. The third-order valence-electron chi connectivity index (χ3n) is 1.76. The summed E-state index contributed by atoms with van der Waals surface area (Å²) in [4.78, 5) is 0.0479. The van der Waals surface area contributed by atoms with Gasteiger partial charge in [0.1, 0.15) is 4.90 Å². The first-order valence-electron chi connectivity index (χ1n) is 3.76. The maximum absolute atomic E-state index is 11.5. The zero-order valence-electron chi connectivity index (χ0n) is 7.06. The van der Waals surface area contributed by atoms with Gasteiger partial charge in [-0.05, 0) is 18.2 Å². The van der Waals surface area contributed by atoms with Crippen molar-refractivity contribution in [1.82, 2.24) is 0 Å². The summed E-state index contributed by atoms with van der Waals surface area (Å²) in [5.74, 6) is -0.137. The van der Waals surface area contributed by atoms with Crippen LogP contribution in [0.1, 0.15) is 0 Å². The molecule has 0 bridgehead atoms. The zero-order chi connectivity index (χ0) is 10.3. The molecule has 0 spiro atoms. The lowest BCUT2D eigenvalue weighted by Gasteiger charge is -2.15. The largest absolute Gasteiger partial charge is 0.399 e. The van der Waals surface area contributed by atoms with Crippen LogP contribution in [0.15, 0.2) is 27.5 Å². The fraction of sp³-hybridized carbons (Fsp3) is 0. The molecule has 1 aliphatic rings. The van der Waals surface area contributed by atoms with E-state index in [1.165, 1.54) is 6.07 Å². The number of nitrogens with one attached hydrogen (secondary N) is 1. The number of hydrogen-bond acceptors (Lipinski definition) is 5. The molecule has 0 unspecified atom stereocenters. The summed E-state index contributed by atoms with van der Waals surface area (Å²) in [6.45, 7) is 0. The molecule has 6 nitrogen and oxygen atoms in total. The minimum atomic E-state index is -3.69. The minimum absolute atomic E-state index is 0.0479. The van der Waals surface area contributed by atoms with Crippen LogP contribution in [0.2, 0.25) is 0 Å². The highest BCUT2D eigenvalue weighted by atomic mass is 32.2. The molecule has 74 valence electrons. The van der Waals surface area contributed by atoms with Crippen LogP contribution in [0, 0.1) is 0 Å². The molecule has 0 fully saturated rings. The van der Waals surface area contributed by atoms with Gasteiger partial charge >= 0.3 is 0 Å². The Bertz CT molecular complexity index is 520. The Kier molecular flexibility index (Phi) is 1.65. The first-order valence-corrected chi connectivity index (χ1v) is 5.20. The van der Waals surface area contributed by atoms with Crippen molar-refractivity contribution in [3.63, 3.8) is 0 Å². The molecule has 0 amide bonds. The van der Waals surface area contributed by atoms with Crippen LogP contribution < -0.4 is 16.8 Å². The monoisotopic (exact) mass is 212 g/mol. The third-order valence-corrected chi connectivity index (χ3v) is 3.10. The van der Waals surface area contributed by atoms with Crippen LogP contribution in [0.25, 0.3) is 0 Å². The summed E-state index contributed by atoms with van der Waals surface area (Å²) in [6, 6.07) is 4.47. The molecule has 0 radical (unpaired) electrons. The van der Waals surface area contributed by atoms with Gasteiger partial charge in [-0.2, -0.15) is 8.42 Å². The molecular formula is C7H8N4O2S. The molecule has 2 rings (SSSR count). The highest BCUT2D eigenvalue weighted by molar-refractivity contribution is 7.90. The predicted octanol–water partition coefficient (Wildman–Crippen LogP) is -0.302. The van der Waals surface area contributed by atoms with E-state index < -0.39 is 10.0 Å². The molecule has 0 saturated carbocycles. The lowest BCUT2D eigenvalue weighted by molar-refractivity contribution is 0.598. The van der Waals surface area contributed by atoms with Crippen LogP contribution in [0.4, 0.5) is 11.4 Å². The van der Waals surface area contributed by atoms with Gasteiger partial charge in [0.2, 0.25) is 5.96 Å². The van der Waals surface area contributed by atoms with Crippen molar-refractivity contribution < 1.29 is 8.42 Å². The Morgan fingerprint density at radius 2 is 2.00 bits per heavy atom. The summed E-state index contributed by atoms with van der Waals surface area (Å²) in [6.07, 6.45) is 0. The van der Waals surface area contributed by atoms with Gasteiger partial charge in [0.05, 0.1) is 5.69 Å². The molecule has 5 N–H and O–H groups in total. The van der Waals surface area contributed by atoms with E-state index in [0.29, 0.717) is 11.4 Å². The summed E-state index contributed by atoms with van der Waals surface area (Å²) < 4.78 is 26.2. The summed E-state index contributed by atoms with van der Waals surface area (Å²) in [7, 11) is -3.69. The van der Waals surface area contributed by atoms with E-state index in [2.05, 4.69) is 9.71 Å². The second-order valence-corrected chi connectivity index (χ2v) is 4.40. The summed E-state index contributed by atoms with van der Waals surface area (Å²) in [5.41, 5.74) is 11.5. The quantitative estimate of drug-likeness (QED) is 0.511. The van der Waals surface area contributed by atoms with Crippen molar-refractivity contribution >= 4 is 27.4 Å². The average Bonchev–Trinajstić information content (AvgIpc) is 2.05. The maximum Gasteiger partial charge on any atom is 0.287 e. The Balaban J connectivity index is 2.73. The Labute approximate surface area is 80.7 Å². The third kappa shape index (κ3) is 1.27. The number of rotatable bonds is 0. The molecule has 0 aliphatic carbocycles. The Hall–Kier alpha value is -1.76. The lowest BCUT2D eigenvalue weighted by Crippen LogP contribution is -2.28. The number of nitrogen functional groups attached to an aromatic ring is 1. The molecule has 1 aromatic carbocycles. The molecule has 1 heterocycles. The van der Waals surface area contributed by atoms with Crippen molar-refractivity contribution in [3.8, 4) is 0 Å². The number of guanidine groups is 1. The number of sulfonamides is 1. The van der Waals surface area contributed by atoms with E-state index in [1.54, 1.807) is 12.1 Å². The average molecular weight is 212 g/mol. The van der Waals surface area contributed by atoms with Gasteiger partial charge in [-0.15, -0.1) is 4.40 Å². The van der Waals surface area contributed by atoms with Crippen molar-refractivity contribution in [2.45, 2.75) is 4.90 Å². The zero-order valence-corrected chi connectivity index (χ0v) is 7.88. The van der Waals surface area contributed by atoms with Crippen LogP contribution in [-0.4, -0.2) is 14.4 Å². The fourth-order valence-corrected chi connectivity index (χ4v) is 2.28. The van der Waals surface area contributed by atoms with Gasteiger partial charge in [-0.3, -0.25) is 0 Å². The highest BCUT2D eigenvalue weighted by Gasteiger charge is 2.23. The second-order valence-electron chi connectivity index (χ2n) is 2.83. The van der Waals surface area contributed by atoms with Gasteiger partial charge in [-0.25, -0.2) is 0 Å².